The largest absolute Gasteiger partial charge is 0.369 e. The van der Waals surface area contributed by atoms with E-state index in [0.717, 1.165) is 11.0 Å². The van der Waals surface area contributed by atoms with E-state index in [1.54, 1.807) is 6.20 Å². The maximum atomic E-state index is 5.68. The van der Waals surface area contributed by atoms with Gasteiger partial charge in [0.25, 0.3) is 0 Å². The second-order valence-electron chi connectivity index (χ2n) is 3.00. The van der Waals surface area contributed by atoms with E-state index in [4.69, 9.17) is 5.73 Å². The van der Waals surface area contributed by atoms with Gasteiger partial charge < -0.3 is 10.3 Å². The van der Waals surface area contributed by atoms with Gasteiger partial charge in [-0.15, -0.1) is 0 Å². The lowest BCUT2D eigenvalue weighted by Gasteiger charge is -2.06. The van der Waals surface area contributed by atoms with Crippen molar-refractivity contribution in [3.05, 3.63) is 46.7 Å². The summed E-state index contributed by atoms with van der Waals surface area (Å²) in [5.41, 5.74) is 6.87. The Balaban J connectivity index is 2.28. The molecule has 0 bridgehead atoms. The third-order valence-electron chi connectivity index (χ3n) is 2.05. The van der Waals surface area contributed by atoms with E-state index in [0.29, 0.717) is 5.95 Å². The first-order valence-corrected chi connectivity index (χ1v) is 5.06. The molecule has 0 amide bonds. The van der Waals surface area contributed by atoms with Gasteiger partial charge in [-0.05, 0) is 11.6 Å². The fourth-order valence-electron chi connectivity index (χ4n) is 1.28. The summed E-state index contributed by atoms with van der Waals surface area (Å²) in [5, 5.41) is 0. The molecule has 0 saturated carbocycles. The van der Waals surface area contributed by atoms with Crippen LogP contribution in [-0.4, -0.2) is 9.55 Å². The normalized spacial score (nSPS) is 10.4. The van der Waals surface area contributed by atoms with Crippen molar-refractivity contribution >= 4 is 21.9 Å². The van der Waals surface area contributed by atoms with Crippen LogP contribution in [0.1, 0.15) is 5.56 Å². The van der Waals surface area contributed by atoms with Crippen LogP contribution in [0.5, 0.6) is 0 Å². The van der Waals surface area contributed by atoms with Crippen molar-refractivity contribution < 1.29 is 0 Å². The number of hydrogen-bond acceptors (Lipinski definition) is 2. The molecule has 0 atom stereocenters. The van der Waals surface area contributed by atoms with Crippen LogP contribution in [0, 0.1) is 0 Å². The van der Waals surface area contributed by atoms with Gasteiger partial charge in [-0.25, -0.2) is 4.98 Å². The van der Waals surface area contributed by atoms with Crippen LogP contribution >= 0.6 is 15.9 Å². The first-order valence-electron chi connectivity index (χ1n) is 4.27. The van der Waals surface area contributed by atoms with Gasteiger partial charge in [0.05, 0.1) is 6.54 Å². The molecule has 2 N–H and O–H groups in total. The van der Waals surface area contributed by atoms with Crippen molar-refractivity contribution in [2.75, 3.05) is 5.73 Å². The van der Waals surface area contributed by atoms with E-state index in [1.165, 1.54) is 5.56 Å². The fraction of sp³-hybridized carbons (Fsp3) is 0.100. The highest BCUT2D eigenvalue weighted by Crippen LogP contribution is 2.17. The van der Waals surface area contributed by atoms with Gasteiger partial charge in [-0.1, -0.05) is 34.1 Å². The number of rotatable bonds is 2. The van der Waals surface area contributed by atoms with E-state index in [-0.39, 0.29) is 0 Å². The minimum atomic E-state index is 0.542. The summed E-state index contributed by atoms with van der Waals surface area (Å²) < 4.78 is 2.99. The van der Waals surface area contributed by atoms with Crippen LogP contribution in [0.15, 0.2) is 41.1 Å². The van der Waals surface area contributed by atoms with E-state index in [1.807, 2.05) is 29.0 Å². The molecule has 72 valence electrons. The molecular weight excluding hydrogens is 242 g/mol. The second kappa shape index (κ2) is 3.84. The number of hydrogen-bond donors (Lipinski definition) is 1. The average molecular weight is 252 g/mol. The quantitative estimate of drug-likeness (QED) is 0.890. The molecule has 1 aromatic carbocycles. The first-order chi connectivity index (χ1) is 6.77. The fourth-order valence-corrected chi connectivity index (χ4v) is 1.69. The lowest BCUT2D eigenvalue weighted by molar-refractivity contribution is 0.807. The molecule has 1 heterocycles. The topological polar surface area (TPSA) is 43.8 Å². The van der Waals surface area contributed by atoms with Crippen LogP contribution in [0.2, 0.25) is 0 Å². The van der Waals surface area contributed by atoms with Crippen LogP contribution in [-0.2, 0) is 6.54 Å². The molecule has 1 aromatic heterocycles. The summed E-state index contributed by atoms with van der Waals surface area (Å²) in [4.78, 5) is 3.97. The van der Waals surface area contributed by atoms with Crippen LogP contribution in [0.4, 0.5) is 5.95 Å². The van der Waals surface area contributed by atoms with Crippen LogP contribution in [0.25, 0.3) is 0 Å². The Morgan fingerprint density at radius 2 is 2.14 bits per heavy atom. The molecule has 0 saturated heterocycles. The summed E-state index contributed by atoms with van der Waals surface area (Å²) in [6.45, 7) is 0.743. The van der Waals surface area contributed by atoms with Crippen molar-refractivity contribution in [1.29, 1.82) is 0 Å². The highest BCUT2D eigenvalue weighted by molar-refractivity contribution is 9.10. The molecule has 0 aliphatic carbocycles. The Kier molecular flexibility index (Phi) is 2.54. The zero-order valence-corrected chi connectivity index (χ0v) is 9.11. The average Bonchev–Trinajstić information content (AvgIpc) is 2.56. The summed E-state index contributed by atoms with van der Waals surface area (Å²) >= 11 is 3.49. The summed E-state index contributed by atoms with van der Waals surface area (Å²) in [5.74, 6) is 0.542. The van der Waals surface area contributed by atoms with Gasteiger partial charge in [0.2, 0.25) is 0 Å². The lowest BCUT2D eigenvalue weighted by Crippen LogP contribution is -2.03. The Bertz CT molecular complexity index is 436. The SMILES string of the molecule is Nc1nccn1Cc1ccccc1Br. The van der Waals surface area contributed by atoms with Crippen molar-refractivity contribution in [3.63, 3.8) is 0 Å². The first kappa shape index (κ1) is 9.27. The van der Waals surface area contributed by atoms with Crippen molar-refractivity contribution in [3.8, 4) is 0 Å². The Morgan fingerprint density at radius 3 is 2.79 bits per heavy atom. The van der Waals surface area contributed by atoms with Crippen LogP contribution in [0.3, 0.4) is 0 Å². The Labute approximate surface area is 90.7 Å². The highest BCUT2D eigenvalue weighted by Gasteiger charge is 2.01. The molecule has 0 aliphatic heterocycles. The van der Waals surface area contributed by atoms with Gasteiger partial charge in [-0.2, -0.15) is 0 Å². The molecule has 0 aliphatic rings. The zero-order chi connectivity index (χ0) is 9.97. The smallest absolute Gasteiger partial charge is 0.200 e. The molecule has 0 unspecified atom stereocenters. The minimum absolute atomic E-state index is 0.542. The maximum Gasteiger partial charge on any atom is 0.200 e. The minimum Gasteiger partial charge on any atom is -0.369 e. The number of aromatic nitrogens is 2. The standard InChI is InChI=1S/C10H10BrN3/c11-9-4-2-1-3-8(9)7-14-6-5-13-10(14)12/h1-6H,7H2,(H2,12,13). The predicted octanol–water partition coefficient (Wildman–Crippen LogP) is 2.28. The van der Waals surface area contributed by atoms with Crippen molar-refractivity contribution in [2.24, 2.45) is 0 Å². The zero-order valence-electron chi connectivity index (χ0n) is 7.52. The highest BCUT2D eigenvalue weighted by atomic mass is 79.9. The Hall–Kier alpha value is -1.29. The van der Waals surface area contributed by atoms with Gasteiger partial charge in [-0.3, -0.25) is 0 Å². The maximum absolute atomic E-state index is 5.68. The molecule has 3 nitrogen and oxygen atoms in total. The number of nitrogens with zero attached hydrogens (tertiary/aromatic N) is 2. The molecular formula is C10H10BrN3. The van der Waals surface area contributed by atoms with Gasteiger partial charge >= 0.3 is 0 Å². The van der Waals surface area contributed by atoms with E-state index in [2.05, 4.69) is 27.0 Å². The molecule has 0 spiro atoms. The van der Waals surface area contributed by atoms with Gasteiger partial charge in [0.1, 0.15) is 0 Å². The van der Waals surface area contributed by atoms with Crippen molar-refractivity contribution in [2.45, 2.75) is 6.54 Å². The Morgan fingerprint density at radius 1 is 1.36 bits per heavy atom. The number of benzene rings is 1. The lowest BCUT2D eigenvalue weighted by atomic mass is 10.2. The van der Waals surface area contributed by atoms with E-state index >= 15 is 0 Å². The number of anilines is 1. The van der Waals surface area contributed by atoms with E-state index < -0.39 is 0 Å². The summed E-state index contributed by atoms with van der Waals surface area (Å²) in [6, 6.07) is 8.07. The van der Waals surface area contributed by atoms with Crippen molar-refractivity contribution in [1.82, 2.24) is 9.55 Å². The second-order valence-corrected chi connectivity index (χ2v) is 3.86. The third-order valence-corrected chi connectivity index (χ3v) is 2.82. The van der Waals surface area contributed by atoms with E-state index in [9.17, 15) is 0 Å². The molecule has 14 heavy (non-hydrogen) atoms. The number of imidazole rings is 1. The third kappa shape index (κ3) is 1.80. The van der Waals surface area contributed by atoms with Crippen LogP contribution < -0.4 is 5.73 Å². The molecule has 4 heteroatoms. The number of halogens is 1. The predicted molar refractivity (Wildman–Crippen MR) is 59.9 cm³/mol. The number of nitrogens with two attached hydrogens (primary N) is 1. The monoisotopic (exact) mass is 251 g/mol. The molecule has 0 radical (unpaired) electrons. The summed E-state index contributed by atoms with van der Waals surface area (Å²) in [6.07, 6.45) is 3.57. The summed E-state index contributed by atoms with van der Waals surface area (Å²) in [7, 11) is 0. The molecule has 2 rings (SSSR count). The number of nitrogen functional groups attached to an aromatic ring is 1. The van der Waals surface area contributed by atoms with Gasteiger partial charge in [0.15, 0.2) is 5.95 Å². The molecule has 2 aromatic rings. The molecule has 0 fully saturated rings. The van der Waals surface area contributed by atoms with Gasteiger partial charge in [0, 0.05) is 16.9 Å².